The van der Waals surface area contributed by atoms with Crippen LogP contribution in [-0.4, -0.2) is 37.3 Å². The Morgan fingerprint density at radius 1 is 0.973 bits per heavy atom. The summed E-state index contributed by atoms with van der Waals surface area (Å²) in [5.74, 6) is 2.05. The molecule has 9 nitrogen and oxygen atoms in total. The highest BCUT2D eigenvalue weighted by Gasteiger charge is 2.23. The van der Waals surface area contributed by atoms with Gasteiger partial charge in [-0.25, -0.2) is 4.98 Å². The molecule has 0 unspecified atom stereocenters. The van der Waals surface area contributed by atoms with Gasteiger partial charge in [0.25, 0.3) is 5.69 Å². The predicted molar refractivity (Wildman–Crippen MR) is 141 cm³/mol. The molecule has 5 aromatic rings. The zero-order chi connectivity index (χ0) is 25.8. The van der Waals surface area contributed by atoms with Gasteiger partial charge in [-0.15, -0.1) is 10.2 Å². The number of methoxy groups -OCH3 is 1. The zero-order valence-corrected chi connectivity index (χ0v) is 21.2. The van der Waals surface area contributed by atoms with Crippen molar-refractivity contribution in [2.75, 3.05) is 7.11 Å². The first-order chi connectivity index (χ1) is 18.1. The Balaban J connectivity index is 1.40. The summed E-state index contributed by atoms with van der Waals surface area (Å²) in [4.78, 5) is 4.86. The number of ether oxygens (including phenoxy) is 1. The van der Waals surface area contributed by atoms with Crippen LogP contribution >= 0.6 is 0 Å². The molecule has 0 spiro atoms. The Labute approximate surface area is 215 Å². The monoisotopic (exact) mass is 495 g/mol. The van der Waals surface area contributed by atoms with E-state index in [2.05, 4.69) is 68.5 Å². The molecule has 5 rings (SSSR count). The lowest BCUT2D eigenvalue weighted by atomic mass is 10.0. The quantitative estimate of drug-likeness (QED) is 0.234. The van der Waals surface area contributed by atoms with Crippen LogP contribution in [-0.2, 0) is 13.0 Å². The number of nitrogens with one attached hydrogen (secondary N) is 1. The molecule has 0 bridgehead atoms. The van der Waals surface area contributed by atoms with Crippen LogP contribution in [0.2, 0.25) is 0 Å². The third kappa shape index (κ3) is 5.06. The first-order valence-corrected chi connectivity index (χ1v) is 12.3. The molecule has 0 aliphatic carbocycles. The minimum absolute atomic E-state index is 0.443. The maximum Gasteiger partial charge on any atom is 0.286 e. The number of imidazole rings is 1. The van der Waals surface area contributed by atoms with Crippen molar-refractivity contribution in [3.63, 3.8) is 0 Å². The Morgan fingerprint density at radius 2 is 1.68 bits per heavy atom. The van der Waals surface area contributed by atoms with E-state index in [9.17, 15) is 5.21 Å². The highest BCUT2D eigenvalue weighted by atomic mass is 16.5. The number of hydrogen-bond donors (Lipinski definition) is 1. The molecule has 3 aromatic heterocycles. The number of rotatable bonds is 9. The fourth-order valence-corrected chi connectivity index (χ4v) is 4.35. The number of aryl methyl sites for hydroxylation is 2. The Morgan fingerprint density at radius 3 is 2.32 bits per heavy atom. The van der Waals surface area contributed by atoms with Gasteiger partial charge < -0.3 is 14.5 Å². The van der Waals surface area contributed by atoms with Gasteiger partial charge in [0, 0.05) is 37.7 Å². The Kier molecular flexibility index (Phi) is 6.93. The van der Waals surface area contributed by atoms with E-state index in [1.54, 1.807) is 20.1 Å². The summed E-state index contributed by atoms with van der Waals surface area (Å²) in [6, 6.07) is 20.2. The lowest BCUT2D eigenvalue weighted by Gasteiger charge is -2.09. The second kappa shape index (κ2) is 10.6. The number of aromatic amines is 1. The first-order valence-electron chi connectivity index (χ1n) is 12.3. The van der Waals surface area contributed by atoms with Crippen molar-refractivity contribution in [1.29, 1.82) is 0 Å². The van der Waals surface area contributed by atoms with Gasteiger partial charge in [0.1, 0.15) is 5.82 Å². The highest BCUT2D eigenvalue weighted by Crippen LogP contribution is 2.28. The van der Waals surface area contributed by atoms with Crippen molar-refractivity contribution in [2.24, 2.45) is 0 Å². The molecule has 0 radical (unpaired) electrons. The summed E-state index contributed by atoms with van der Waals surface area (Å²) in [7, 11) is 1.57. The van der Waals surface area contributed by atoms with Crippen molar-refractivity contribution in [3.05, 3.63) is 89.1 Å². The summed E-state index contributed by atoms with van der Waals surface area (Å²) in [5, 5.41) is 27.0. The number of benzene rings is 2. The molecule has 0 aliphatic heterocycles. The van der Waals surface area contributed by atoms with Gasteiger partial charge in [0.2, 0.25) is 5.82 Å². The number of aromatic nitrogens is 7. The van der Waals surface area contributed by atoms with Gasteiger partial charge in [0.05, 0.1) is 7.11 Å². The maximum atomic E-state index is 12.9. The van der Waals surface area contributed by atoms with Crippen molar-refractivity contribution in [1.82, 2.24) is 30.2 Å². The fraction of sp³-hybridized carbons (Fsp3) is 0.250. The van der Waals surface area contributed by atoms with Gasteiger partial charge >= 0.3 is 0 Å². The summed E-state index contributed by atoms with van der Waals surface area (Å²) in [6.45, 7) is 4.61. The van der Waals surface area contributed by atoms with E-state index in [1.165, 1.54) is 0 Å². The lowest BCUT2D eigenvalue weighted by Crippen LogP contribution is -2.33. The maximum absolute atomic E-state index is 12.9. The van der Waals surface area contributed by atoms with E-state index in [4.69, 9.17) is 9.72 Å². The normalized spacial score (nSPS) is 11.1. The topological polar surface area (TPSA) is 108 Å². The summed E-state index contributed by atoms with van der Waals surface area (Å²) < 4.78 is 8.52. The number of pyridine rings is 1. The summed E-state index contributed by atoms with van der Waals surface area (Å²) >= 11 is 0. The second-order valence-corrected chi connectivity index (χ2v) is 8.97. The molecule has 0 saturated carbocycles. The molecule has 1 N–H and O–H groups in total. The van der Waals surface area contributed by atoms with Crippen LogP contribution in [0.1, 0.15) is 36.8 Å². The SMILES string of the molecule is CCCCc1nc(-c2c(OC)ccc(C)[n+]2[O-])cn1Cc1ccc(-c2ccc(-c3nn[nH]n3)cc2)cc1. The Bertz CT molecular complexity index is 1470. The molecule has 2 aromatic carbocycles. The number of unbranched alkanes of at least 4 members (excludes halogenated alkanes) is 1. The molecule has 37 heavy (non-hydrogen) atoms. The molecular weight excluding hydrogens is 466 g/mol. The van der Waals surface area contributed by atoms with Gasteiger partial charge in [-0.3, -0.25) is 0 Å². The fourth-order valence-electron chi connectivity index (χ4n) is 4.35. The average Bonchev–Trinajstić information content (AvgIpc) is 3.60. The van der Waals surface area contributed by atoms with Gasteiger partial charge in [-0.2, -0.15) is 9.94 Å². The zero-order valence-electron chi connectivity index (χ0n) is 21.2. The van der Waals surface area contributed by atoms with Crippen LogP contribution in [0.4, 0.5) is 0 Å². The van der Waals surface area contributed by atoms with Gasteiger partial charge in [-0.1, -0.05) is 61.9 Å². The van der Waals surface area contributed by atoms with E-state index < -0.39 is 0 Å². The molecule has 3 heterocycles. The van der Waals surface area contributed by atoms with Gasteiger partial charge in [0.15, 0.2) is 17.1 Å². The van der Waals surface area contributed by atoms with Crippen LogP contribution in [0, 0.1) is 12.1 Å². The number of tetrazole rings is 1. The lowest BCUT2D eigenvalue weighted by molar-refractivity contribution is -0.601. The van der Waals surface area contributed by atoms with Crippen molar-refractivity contribution < 1.29 is 9.47 Å². The Hall–Kier alpha value is -4.53. The standard InChI is InChI=1S/C28H29N7O2/c1-4-5-6-26-29-24(27-25(37-3)16-7-19(2)35(27)36)18-34(26)17-20-8-10-21(11-9-20)22-12-14-23(15-13-22)28-30-32-33-31-28/h7-16,18H,4-6,17H2,1-3H3,(H,30,31,32,33). The smallest absolute Gasteiger partial charge is 0.286 e. The molecule has 0 saturated heterocycles. The van der Waals surface area contributed by atoms with Gasteiger partial charge in [-0.05, 0) is 34.4 Å². The van der Waals surface area contributed by atoms with E-state index in [0.717, 1.165) is 52.1 Å². The van der Waals surface area contributed by atoms with Crippen molar-refractivity contribution >= 4 is 0 Å². The highest BCUT2D eigenvalue weighted by molar-refractivity contribution is 5.67. The molecule has 0 atom stereocenters. The minimum atomic E-state index is 0.443. The largest absolute Gasteiger partial charge is 0.618 e. The number of hydrogen-bond acceptors (Lipinski definition) is 6. The van der Waals surface area contributed by atoms with Crippen molar-refractivity contribution in [2.45, 2.75) is 39.7 Å². The first kappa shape index (κ1) is 24.2. The van der Waals surface area contributed by atoms with E-state index in [1.807, 2.05) is 24.4 Å². The third-order valence-electron chi connectivity index (χ3n) is 6.44. The average molecular weight is 496 g/mol. The molecule has 0 fully saturated rings. The number of H-pyrrole nitrogens is 1. The van der Waals surface area contributed by atoms with Crippen LogP contribution in [0.5, 0.6) is 5.75 Å². The molecule has 188 valence electrons. The summed E-state index contributed by atoms with van der Waals surface area (Å²) in [6.07, 6.45) is 4.89. The van der Waals surface area contributed by atoms with E-state index in [0.29, 0.717) is 35.2 Å². The van der Waals surface area contributed by atoms with E-state index in [-0.39, 0.29) is 0 Å². The molecule has 0 aliphatic rings. The summed E-state index contributed by atoms with van der Waals surface area (Å²) in [5.41, 5.74) is 5.96. The van der Waals surface area contributed by atoms with E-state index >= 15 is 0 Å². The van der Waals surface area contributed by atoms with Crippen LogP contribution in [0.15, 0.2) is 66.9 Å². The second-order valence-electron chi connectivity index (χ2n) is 8.97. The molecular formula is C28H29N7O2. The van der Waals surface area contributed by atoms with Crippen LogP contribution in [0.25, 0.3) is 33.9 Å². The molecule has 0 amide bonds. The number of nitrogens with zero attached hydrogens (tertiary/aromatic N) is 6. The van der Waals surface area contributed by atoms with Crippen LogP contribution < -0.4 is 9.47 Å². The minimum Gasteiger partial charge on any atom is -0.618 e. The third-order valence-corrected chi connectivity index (χ3v) is 6.44. The predicted octanol–water partition coefficient (Wildman–Crippen LogP) is 4.74. The molecule has 9 heteroatoms. The van der Waals surface area contributed by atoms with Crippen molar-refractivity contribution in [3.8, 4) is 39.7 Å². The van der Waals surface area contributed by atoms with Crippen LogP contribution in [0.3, 0.4) is 0 Å².